The number of carbonyl (C=O) groups excluding carboxylic acids is 2. The molecule has 0 bridgehead atoms. The molecule has 0 saturated carbocycles. The molecule has 0 fully saturated rings. The summed E-state index contributed by atoms with van der Waals surface area (Å²) >= 11 is 1.68. The summed E-state index contributed by atoms with van der Waals surface area (Å²) in [6, 6.07) is 38.1. The van der Waals surface area contributed by atoms with Crippen LogP contribution < -0.4 is 10.6 Å². The third-order valence-electron chi connectivity index (χ3n) is 8.62. The van der Waals surface area contributed by atoms with Crippen molar-refractivity contribution >= 4 is 40.5 Å². The molecule has 4 aromatic carbocycles. The van der Waals surface area contributed by atoms with Gasteiger partial charge in [-0.25, -0.2) is 14.5 Å². The Kier molecular flexibility index (Phi) is 8.69. The average Bonchev–Trinajstić information content (AvgIpc) is 3.54. The summed E-state index contributed by atoms with van der Waals surface area (Å²) in [6.45, 7) is 5.53. The highest BCUT2D eigenvalue weighted by Crippen LogP contribution is 2.42. The summed E-state index contributed by atoms with van der Waals surface area (Å²) in [7, 11) is 0. The standard InChI is InChI=1S/C40H37N5O3S/c1-39(2,3)48-38(47)44-34-22-24-49-35-25-27(19-20-31(34)35)37(46)43-33-21-23-41-36-32(33)26-42-45(36)40(28-13-7-4-8-14-28,29-15-9-5-10-16-29)30-17-11-6-12-18-30/h4-21,23,25-26,34H,22,24H2,1-3H3,(H,44,47)(H,41,43,46)/t34-/m0/s1. The number of carbonyl (C=O) groups is 2. The number of amides is 2. The number of anilines is 1. The van der Waals surface area contributed by atoms with Crippen LogP contribution >= 0.6 is 11.8 Å². The van der Waals surface area contributed by atoms with E-state index in [2.05, 4.69) is 47.0 Å². The minimum atomic E-state index is -0.846. The molecule has 0 unspecified atom stereocenters. The molecular formula is C40H37N5O3S. The Balaban J connectivity index is 1.25. The molecule has 0 spiro atoms. The predicted octanol–water partition coefficient (Wildman–Crippen LogP) is 8.59. The number of nitrogens with zero attached hydrogens (tertiary/aromatic N) is 3. The van der Waals surface area contributed by atoms with Gasteiger partial charge in [-0.15, -0.1) is 11.8 Å². The number of ether oxygens (including phenoxy) is 1. The molecule has 246 valence electrons. The van der Waals surface area contributed by atoms with Gasteiger partial charge in [0.1, 0.15) is 11.1 Å². The molecule has 0 radical (unpaired) electrons. The Hall–Kier alpha value is -5.41. The van der Waals surface area contributed by atoms with E-state index in [-0.39, 0.29) is 11.9 Å². The molecule has 3 heterocycles. The molecule has 6 aromatic rings. The van der Waals surface area contributed by atoms with Gasteiger partial charge in [0.2, 0.25) is 0 Å². The molecule has 1 aliphatic heterocycles. The van der Waals surface area contributed by atoms with Crippen molar-refractivity contribution in [3.05, 3.63) is 155 Å². The summed E-state index contributed by atoms with van der Waals surface area (Å²) in [6.07, 6.45) is 3.81. The van der Waals surface area contributed by atoms with Gasteiger partial charge in [0.25, 0.3) is 5.91 Å². The van der Waals surface area contributed by atoms with Crippen molar-refractivity contribution in [1.82, 2.24) is 20.1 Å². The van der Waals surface area contributed by atoms with Crippen molar-refractivity contribution < 1.29 is 14.3 Å². The summed E-state index contributed by atoms with van der Waals surface area (Å²) in [5, 5.41) is 11.9. The van der Waals surface area contributed by atoms with E-state index >= 15 is 0 Å². The predicted molar refractivity (Wildman–Crippen MR) is 194 cm³/mol. The zero-order valence-electron chi connectivity index (χ0n) is 27.6. The van der Waals surface area contributed by atoms with Crippen LogP contribution in [-0.2, 0) is 10.3 Å². The van der Waals surface area contributed by atoms with Gasteiger partial charge in [-0.05, 0) is 67.6 Å². The fraction of sp³-hybridized carbons (Fsp3) is 0.200. The van der Waals surface area contributed by atoms with Gasteiger partial charge in [-0.1, -0.05) is 97.1 Å². The Labute approximate surface area is 289 Å². The van der Waals surface area contributed by atoms with E-state index in [0.717, 1.165) is 44.7 Å². The first-order chi connectivity index (χ1) is 23.7. The Morgan fingerprint density at radius 1 is 0.837 bits per heavy atom. The number of benzene rings is 4. The molecule has 0 aliphatic carbocycles. The number of hydrogen-bond donors (Lipinski definition) is 2. The SMILES string of the molecule is CC(C)(C)OC(=O)N[C@H]1CCSc2cc(C(=O)Nc3ccnc4c3cnn4C(c3ccccc3)(c3ccccc3)c3ccccc3)ccc21. The summed E-state index contributed by atoms with van der Waals surface area (Å²) in [4.78, 5) is 32.1. The van der Waals surface area contributed by atoms with Crippen LogP contribution in [0.1, 0.15) is 65.8 Å². The van der Waals surface area contributed by atoms with Gasteiger partial charge in [-0.2, -0.15) is 5.10 Å². The van der Waals surface area contributed by atoms with E-state index in [4.69, 9.17) is 14.8 Å². The normalized spacial score (nSPS) is 14.6. The van der Waals surface area contributed by atoms with Crippen LogP contribution in [0.4, 0.5) is 10.5 Å². The molecule has 2 amide bonds. The maximum atomic E-state index is 13.8. The van der Waals surface area contributed by atoms with E-state index in [9.17, 15) is 9.59 Å². The lowest BCUT2D eigenvalue weighted by Gasteiger charge is -2.36. The Bertz CT molecular complexity index is 2010. The van der Waals surface area contributed by atoms with Crippen molar-refractivity contribution in [1.29, 1.82) is 0 Å². The lowest BCUT2D eigenvalue weighted by Crippen LogP contribution is -2.38. The lowest BCUT2D eigenvalue weighted by molar-refractivity contribution is 0.0501. The minimum absolute atomic E-state index is 0.187. The second-order valence-electron chi connectivity index (χ2n) is 13.0. The van der Waals surface area contributed by atoms with Gasteiger partial charge in [0, 0.05) is 22.4 Å². The third kappa shape index (κ3) is 6.29. The van der Waals surface area contributed by atoms with Gasteiger partial charge in [-0.3, -0.25) is 4.79 Å². The zero-order valence-corrected chi connectivity index (χ0v) is 28.4. The number of thioether (sulfide) groups is 1. The Morgan fingerprint density at radius 2 is 1.45 bits per heavy atom. The molecule has 7 rings (SSSR count). The number of rotatable bonds is 7. The first-order valence-corrected chi connectivity index (χ1v) is 17.3. The van der Waals surface area contributed by atoms with E-state index < -0.39 is 17.2 Å². The third-order valence-corrected chi connectivity index (χ3v) is 9.72. The van der Waals surface area contributed by atoms with Crippen LogP contribution in [0.25, 0.3) is 11.0 Å². The first-order valence-electron chi connectivity index (χ1n) is 16.3. The average molecular weight is 668 g/mol. The smallest absolute Gasteiger partial charge is 0.408 e. The summed E-state index contributed by atoms with van der Waals surface area (Å²) in [5.41, 5.74) is 4.39. The first kappa shape index (κ1) is 32.2. The Morgan fingerprint density at radius 3 is 2.04 bits per heavy atom. The highest BCUT2D eigenvalue weighted by molar-refractivity contribution is 7.99. The van der Waals surface area contributed by atoms with Gasteiger partial charge in [0.05, 0.1) is 23.3 Å². The number of aromatic nitrogens is 3. The van der Waals surface area contributed by atoms with Crippen molar-refractivity contribution in [2.45, 2.75) is 49.3 Å². The molecule has 49 heavy (non-hydrogen) atoms. The molecule has 2 N–H and O–H groups in total. The van der Waals surface area contributed by atoms with Crippen LogP contribution in [0.15, 0.2) is 133 Å². The molecule has 1 aliphatic rings. The van der Waals surface area contributed by atoms with Gasteiger partial charge >= 0.3 is 6.09 Å². The summed E-state index contributed by atoms with van der Waals surface area (Å²) < 4.78 is 7.45. The quantitative estimate of drug-likeness (QED) is 0.166. The maximum Gasteiger partial charge on any atom is 0.408 e. The highest BCUT2D eigenvalue weighted by Gasteiger charge is 2.41. The van der Waals surface area contributed by atoms with Crippen LogP contribution in [0.3, 0.4) is 0 Å². The van der Waals surface area contributed by atoms with E-state index in [1.54, 1.807) is 36.3 Å². The van der Waals surface area contributed by atoms with Crippen molar-refractivity contribution in [2.75, 3.05) is 11.1 Å². The van der Waals surface area contributed by atoms with Crippen LogP contribution in [-0.4, -0.2) is 38.1 Å². The number of pyridine rings is 1. The molecule has 2 aromatic heterocycles. The van der Waals surface area contributed by atoms with Crippen molar-refractivity contribution in [2.24, 2.45) is 0 Å². The lowest BCUT2D eigenvalue weighted by atomic mass is 9.77. The topological polar surface area (TPSA) is 98.1 Å². The largest absolute Gasteiger partial charge is 0.444 e. The summed E-state index contributed by atoms with van der Waals surface area (Å²) in [5.74, 6) is 0.570. The number of nitrogens with one attached hydrogen (secondary N) is 2. The minimum Gasteiger partial charge on any atom is -0.444 e. The molecule has 8 nitrogen and oxygen atoms in total. The van der Waals surface area contributed by atoms with E-state index in [1.807, 2.05) is 92.2 Å². The molecule has 0 saturated heterocycles. The second-order valence-corrected chi connectivity index (χ2v) is 14.1. The fourth-order valence-electron chi connectivity index (χ4n) is 6.51. The van der Waals surface area contributed by atoms with Crippen LogP contribution in [0.2, 0.25) is 0 Å². The van der Waals surface area contributed by atoms with E-state index in [1.165, 1.54) is 0 Å². The van der Waals surface area contributed by atoms with Gasteiger partial charge < -0.3 is 15.4 Å². The fourth-order valence-corrected chi connectivity index (χ4v) is 7.67. The van der Waals surface area contributed by atoms with Crippen molar-refractivity contribution in [3.8, 4) is 0 Å². The second kappa shape index (κ2) is 13.2. The van der Waals surface area contributed by atoms with Gasteiger partial charge in [0.15, 0.2) is 5.65 Å². The van der Waals surface area contributed by atoms with Crippen LogP contribution in [0, 0.1) is 0 Å². The number of fused-ring (bicyclic) bond motifs is 2. The molecule has 9 heteroatoms. The molecule has 1 atom stereocenters. The highest BCUT2D eigenvalue weighted by atomic mass is 32.2. The molecular weight excluding hydrogens is 631 g/mol. The number of hydrogen-bond acceptors (Lipinski definition) is 6. The monoisotopic (exact) mass is 667 g/mol. The van der Waals surface area contributed by atoms with E-state index in [0.29, 0.717) is 16.9 Å². The van der Waals surface area contributed by atoms with Crippen molar-refractivity contribution in [3.63, 3.8) is 0 Å². The van der Waals surface area contributed by atoms with Crippen LogP contribution in [0.5, 0.6) is 0 Å². The maximum absolute atomic E-state index is 13.8. The zero-order chi connectivity index (χ0) is 34.0. The number of alkyl carbamates (subject to hydrolysis) is 1.